The van der Waals surface area contributed by atoms with Gasteiger partial charge in [-0.1, -0.05) is 0 Å². The molecule has 56 valence electrons. The van der Waals surface area contributed by atoms with Gasteiger partial charge in [-0.25, -0.2) is 0 Å². The number of nitrogens with two attached hydrogens (primary N) is 1. The summed E-state index contributed by atoms with van der Waals surface area (Å²) in [6, 6.07) is 0. The summed E-state index contributed by atoms with van der Waals surface area (Å²) in [5.41, 5.74) is 7.23. The SMILES string of the molecule is CCn1nc(C)c(CN)n1. The third-order valence-electron chi connectivity index (χ3n) is 1.40. The topological polar surface area (TPSA) is 56.7 Å². The van der Waals surface area contributed by atoms with E-state index < -0.39 is 0 Å². The van der Waals surface area contributed by atoms with Crippen LogP contribution in [0.3, 0.4) is 0 Å². The van der Waals surface area contributed by atoms with Gasteiger partial charge in [0.1, 0.15) is 0 Å². The zero-order chi connectivity index (χ0) is 7.56. The van der Waals surface area contributed by atoms with Crippen LogP contribution in [0.1, 0.15) is 18.3 Å². The Hall–Kier alpha value is -0.900. The van der Waals surface area contributed by atoms with Crippen molar-refractivity contribution in [3.05, 3.63) is 11.4 Å². The van der Waals surface area contributed by atoms with Crippen LogP contribution in [0.25, 0.3) is 0 Å². The third kappa shape index (κ3) is 1.16. The smallest absolute Gasteiger partial charge is 0.0991 e. The number of rotatable bonds is 2. The maximum Gasteiger partial charge on any atom is 0.0991 e. The molecule has 0 radical (unpaired) electrons. The van der Waals surface area contributed by atoms with E-state index in [1.54, 1.807) is 4.80 Å². The molecule has 10 heavy (non-hydrogen) atoms. The van der Waals surface area contributed by atoms with Gasteiger partial charge in [0.2, 0.25) is 0 Å². The second-order valence-electron chi connectivity index (χ2n) is 2.12. The highest BCUT2D eigenvalue weighted by Gasteiger charge is 2.01. The normalized spacial score (nSPS) is 10.3. The van der Waals surface area contributed by atoms with Gasteiger partial charge < -0.3 is 5.73 Å². The van der Waals surface area contributed by atoms with Crippen LogP contribution in [0.5, 0.6) is 0 Å². The molecule has 0 aliphatic rings. The number of aryl methyl sites for hydroxylation is 2. The van der Waals surface area contributed by atoms with Crippen LogP contribution in [0.4, 0.5) is 0 Å². The monoisotopic (exact) mass is 140 g/mol. The average molecular weight is 140 g/mol. The first-order valence-corrected chi connectivity index (χ1v) is 3.38. The largest absolute Gasteiger partial charge is 0.325 e. The Balaban J connectivity index is 2.92. The summed E-state index contributed by atoms with van der Waals surface area (Å²) in [5.74, 6) is 0. The molecular formula is C6H12N4. The Morgan fingerprint density at radius 3 is 2.50 bits per heavy atom. The maximum absolute atomic E-state index is 5.40. The molecule has 1 heterocycles. The standard InChI is InChI=1S/C6H12N4/c1-3-10-8-5(2)6(4-7)9-10/h3-4,7H2,1-2H3. The van der Waals surface area contributed by atoms with Crippen molar-refractivity contribution in [2.45, 2.75) is 26.9 Å². The molecule has 1 rings (SSSR count). The van der Waals surface area contributed by atoms with Gasteiger partial charge in [0.15, 0.2) is 0 Å². The first-order valence-electron chi connectivity index (χ1n) is 3.38. The van der Waals surface area contributed by atoms with Crippen LogP contribution in [0.15, 0.2) is 0 Å². The fourth-order valence-electron chi connectivity index (χ4n) is 0.795. The maximum atomic E-state index is 5.40. The fraction of sp³-hybridized carbons (Fsp3) is 0.667. The lowest BCUT2D eigenvalue weighted by molar-refractivity contribution is 0.561. The lowest BCUT2D eigenvalue weighted by Crippen LogP contribution is -2.01. The minimum Gasteiger partial charge on any atom is -0.325 e. The number of nitrogens with zero attached hydrogens (tertiary/aromatic N) is 3. The molecule has 0 aromatic carbocycles. The molecule has 4 nitrogen and oxygen atoms in total. The molecule has 2 N–H and O–H groups in total. The van der Waals surface area contributed by atoms with E-state index in [2.05, 4.69) is 10.2 Å². The van der Waals surface area contributed by atoms with Gasteiger partial charge in [-0.2, -0.15) is 15.0 Å². The van der Waals surface area contributed by atoms with Gasteiger partial charge in [-0.15, -0.1) is 0 Å². The van der Waals surface area contributed by atoms with Crippen LogP contribution >= 0.6 is 0 Å². The van der Waals surface area contributed by atoms with E-state index in [4.69, 9.17) is 5.73 Å². The van der Waals surface area contributed by atoms with Crippen LogP contribution in [0.2, 0.25) is 0 Å². The zero-order valence-corrected chi connectivity index (χ0v) is 6.33. The van der Waals surface area contributed by atoms with Crippen molar-refractivity contribution < 1.29 is 0 Å². The fourth-order valence-corrected chi connectivity index (χ4v) is 0.795. The summed E-state index contributed by atoms with van der Waals surface area (Å²) in [6.07, 6.45) is 0. The highest BCUT2D eigenvalue weighted by atomic mass is 15.5. The van der Waals surface area contributed by atoms with Crippen molar-refractivity contribution >= 4 is 0 Å². The van der Waals surface area contributed by atoms with Gasteiger partial charge in [0, 0.05) is 6.54 Å². The second kappa shape index (κ2) is 2.79. The van der Waals surface area contributed by atoms with Crippen molar-refractivity contribution in [2.75, 3.05) is 0 Å². The van der Waals surface area contributed by atoms with Gasteiger partial charge in [-0.3, -0.25) is 0 Å². The highest BCUT2D eigenvalue weighted by Crippen LogP contribution is 1.97. The molecule has 0 atom stereocenters. The molecule has 0 unspecified atom stereocenters. The molecular weight excluding hydrogens is 128 g/mol. The first kappa shape index (κ1) is 7.21. The summed E-state index contributed by atoms with van der Waals surface area (Å²) < 4.78 is 0. The van der Waals surface area contributed by atoms with Crippen molar-refractivity contribution in [2.24, 2.45) is 5.73 Å². The van der Waals surface area contributed by atoms with Gasteiger partial charge in [0.25, 0.3) is 0 Å². The summed E-state index contributed by atoms with van der Waals surface area (Å²) in [5, 5.41) is 8.25. The zero-order valence-electron chi connectivity index (χ0n) is 6.33. The Morgan fingerprint density at radius 1 is 1.50 bits per heavy atom. The minimum absolute atomic E-state index is 0.478. The van der Waals surface area contributed by atoms with Crippen LogP contribution < -0.4 is 5.73 Å². The van der Waals surface area contributed by atoms with Crippen LogP contribution in [0, 0.1) is 6.92 Å². The lowest BCUT2D eigenvalue weighted by Gasteiger charge is -1.87. The molecule has 1 aromatic heterocycles. The Morgan fingerprint density at radius 2 is 2.20 bits per heavy atom. The van der Waals surface area contributed by atoms with E-state index in [0.29, 0.717) is 6.54 Å². The molecule has 0 bridgehead atoms. The molecule has 0 aliphatic carbocycles. The quantitative estimate of drug-likeness (QED) is 0.632. The third-order valence-corrected chi connectivity index (χ3v) is 1.40. The van der Waals surface area contributed by atoms with E-state index in [1.807, 2.05) is 13.8 Å². The summed E-state index contributed by atoms with van der Waals surface area (Å²) in [7, 11) is 0. The van der Waals surface area contributed by atoms with E-state index >= 15 is 0 Å². The van der Waals surface area contributed by atoms with Gasteiger partial charge >= 0.3 is 0 Å². The number of aromatic nitrogens is 3. The molecule has 0 aliphatic heterocycles. The number of hydrogen-bond donors (Lipinski definition) is 1. The highest BCUT2D eigenvalue weighted by molar-refractivity contribution is 5.04. The average Bonchev–Trinajstić information content (AvgIpc) is 2.30. The van der Waals surface area contributed by atoms with E-state index in [-0.39, 0.29) is 0 Å². The molecule has 0 spiro atoms. The molecule has 0 fully saturated rings. The van der Waals surface area contributed by atoms with Crippen LogP contribution in [-0.4, -0.2) is 15.0 Å². The minimum atomic E-state index is 0.478. The summed E-state index contributed by atoms with van der Waals surface area (Å²) >= 11 is 0. The molecule has 0 saturated heterocycles. The van der Waals surface area contributed by atoms with Crippen molar-refractivity contribution in [1.29, 1.82) is 0 Å². The van der Waals surface area contributed by atoms with E-state index in [9.17, 15) is 0 Å². The molecule has 1 aromatic rings. The van der Waals surface area contributed by atoms with E-state index in [1.165, 1.54) is 0 Å². The number of hydrogen-bond acceptors (Lipinski definition) is 3. The first-order chi connectivity index (χ1) is 4.77. The second-order valence-corrected chi connectivity index (χ2v) is 2.12. The van der Waals surface area contributed by atoms with Gasteiger partial charge in [-0.05, 0) is 13.8 Å². The Bertz CT molecular complexity index is 216. The Labute approximate surface area is 60.0 Å². The summed E-state index contributed by atoms with van der Waals surface area (Å²) in [6.45, 7) is 5.20. The van der Waals surface area contributed by atoms with Crippen molar-refractivity contribution in [3.63, 3.8) is 0 Å². The lowest BCUT2D eigenvalue weighted by atomic mass is 10.4. The summed E-state index contributed by atoms with van der Waals surface area (Å²) in [4.78, 5) is 1.65. The molecule has 0 saturated carbocycles. The van der Waals surface area contributed by atoms with Crippen molar-refractivity contribution in [1.82, 2.24) is 15.0 Å². The predicted molar refractivity (Wildman–Crippen MR) is 38.3 cm³/mol. The van der Waals surface area contributed by atoms with E-state index in [0.717, 1.165) is 17.9 Å². The molecule has 0 amide bonds. The van der Waals surface area contributed by atoms with Crippen LogP contribution in [-0.2, 0) is 13.1 Å². The van der Waals surface area contributed by atoms with Crippen molar-refractivity contribution in [3.8, 4) is 0 Å². The van der Waals surface area contributed by atoms with Gasteiger partial charge in [0.05, 0.1) is 17.9 Å². The predicted octanol–water partition coefficient (Wildman–Crippen LogP) is 0.0651. The molecule has 4 heteroatoms. The Kier molecular flexibility index (Phi) is 2.01.